The van der Waals surface area contributed by atoms with Crippen LogP contribution in [0.4, 0.5) is 0 Å². The number of likely N-dealkylation sites (N-methyl/N-ethyl adjacent to an activating group) is 1. The maximum atomic E-state index is 5.30. The number of aromatic nitrogens is 1. The SMILES string of the molecule is CCC(C)N(C)CCc1c[nH]c2ccc(OC)cc12. The first-order valence-electron chi connectivity index (χ1n) is 7.00. The van der Waals surface area contributed by atoms with Crippen molar-refractivity contribution in [3.05, 3.63) is 30.0 Å². The molecule has 104 valence electrons. The highest BCUT2D eigenvalue weighted by molar-refractivity contribution is 5.84. The Kier molecular flexibility index (Phi) is 4.48. The van der Waals surface area contributed by atoms with Crippen molar-refractivity contribution in [2.75, 3.05) is 20.7 Å². The van der Waals surface area contributed by atoms with E-state index < -0.39 is 0 Å². The minimum absolute atomic E-state index is 0.639. The normalized spacial score (nSPS) is 13.1. The summed E-state index contributed by atoms with van der Waals surface area (Å²) < 4.78 is 5.30. The molecule has 0 saturated heterocycles. The number of benzene rings is 1. The summed E-state index contributed by atoms with van der Waals surface area (Å²) in [6, 6.07) is 6.83. The van der Waals surface area contributed by atoms with E-state index in [1.54, 1.807) is 7.11 Å². The molecule has 0 bridgehead atoms. The Hall–Kier alpha value is -1.48. The summed E-state index contributed by atoms with van der Waals surface area (Å²) in [6.07, 6.45) is 4.38. The lowest BCUT2D eigenvalue weighted by Crippen LogP contribution is -2.30. The molecule has 0 aliphatic heterocycles. The predicted molar refractivity (Wildman–Crippen MR) is 80.9 cm³/mol. The average molecular weight is 260 g/mol. The van der Waals surface area contributed by atoms with Crippen LogP contribution in [0.5, 0.6) is 5.75 Å². The molecule has 2 aromatic rings. The Morgan fingerprint density at radius 1 is 1.37 bits per heavy atom. The van der Waals surface area contributed by atoms with Crippen molar-refractivity contribution in [2.24, 2.45) is 0 Å². The van der Waals surface area contributed by atoms with Gasteiger partial charge in [0.1, 0.15) is 5.75 Å². The summed E-state index contributed by atoms with van der Waals surface area (Å²) in [4.78, 5) is 5.75. The van der Waals surface area contributed by atoms with Crippen LogP contribution in [0.1, 0.15) is 25.8 Å². The van der Waals surface area contributed by atoms with Crippen LogP contribution in [0.3, 0.4) is 0 Å². The summed E-state index contributed by atoms with van der Waals surface area (Å²) in [5.41, 5.74) is 2.55. The van der Waals surface area contributed by atoms with Gasteiger partial charge in [0.2, 0.25) is 0 Å². The van der Waals surface area contributed by atoms with Crippen molar-refractivity contribution >= 4 is 10.9 Å². The number of ether oxygens (including phenoxy) is 1. The molecule has 0 saturated carbocycles. The van der Waals surface area contributed by atoms with Crippen LogP contribution < -0.4 is 4.74 Å². The molecule has 0 amide bonds. The van der Waals surface area contributed by atoms with Crippen molar-refractivity contribution < 1.29 is 4.74 Å². The number of nitrogens with zero attached hydrogens (tertiary/aromatic N) is 1. The lowest BCUT2D eigenvalue weighted by molar-refractivity contribution is 0.255. The van der Waals surface area contributed by atoms with Crippen LogP contribution in [-0.2, 0) is 6.42 Å². The molecule has 0 spiro atoms. The monoisotopic (exact) mass is 260 g/mol. The summed E-state index contributed by atoms with van der Waals surface area (Å²) >= 11 is 0. The fraction of sp³-hybridized carbons (Fsp3) is 0.500. The van der Waals surface area contributed by atoms with Gasteiger partial charge in [-0.1, -0.05) is 6.92 Å². The van der Waals surface area contributed by atoms with E-state index in [0.29, 0.717) is 6.04 Å². The molecule has 0 aliphatic carbocycles. The number of fused-ring (bicyclic) bond motifs is 1. The molecular formula is C16H24N2O. The lowest BCUT2D eigenvalue weighted by Gasteiger charge is -2.23. The van der Waals surface area contributed by atoms with Gasteiger partial charge in [-0.25, -0.2) is 0 Å². The quantitative estimate of drug-likeness (QED) is 0.861. The van der Waals surface area contributed by atoms with Crippen LogP contribution in [0, 0.1) is 0 Å². The molecule has 1 aromatic carbocycles. The zero-order valence-electron chi connectivity index (χ0n) is 12.4. The van der Waals surface area contributed by atoms with Gasteiger partial charge in [-0.15, -0.1) is 0 Å². The van der Waals surface area contributed by atoms with E-state index >= 15 is 0 Å². The molecule has 3 heteroatoms. The fourth-order valence-electron chi connectivity index (χ4n) is 2.32. The molecule has 1 heterocycles. The van der Waals surface area contributed by atoms with Crippen LogP contribution in [0.25, 0.3) is 10.9 Å². The minimum Gasteiger partial charge on any atom is -0.497 e. The van der Waals surface area contributed by atoms with E-state index in [4.69, 9.17) is 4.74 Å². The summed E-state index contributed by atoms with van der Waals surface area (Å²) in [6.45, 7) is 5.59. The average Bonchev–Trinajstić information content (AvgIpc) is 2.85. The van der Waals surface area contributed by atoms with Gasteiger partial charge in [0, 0.05) is 29.7 Å². The first-order valence-corrected chi connectivity index (χ1v) is 7.00. The molecular weight excluding hydrogens is 236 g/mol. The Morgan fingerprint density at radius 2 is 2.16 bits per heavy atom. The van der Waals surface area contributed by atoms with Crippen molar-refractivity contribution in [3.63, 3.8) is 0 Å². The smallest absolute Gasteiger partial charge is 0.119 e. The van der Waals surface area contributed by atoms with Gasteiger partial charge in [-0.2, -0.15) is 0 Å². The number of hydrogen-bond donors (Lipinski definition) is 1. The first-order chi connectivity index (χ1) is 9.15. The topological polar surface area (TPSA) is 28.3 Å². The number of H-pyrrole nitrogens is 1. The van der Waals surface area contributed by atoms with Gasteiger partial charge in [-0.05, 0) is 50.6 Å². The highest BCUT2D eigenvalue weighted by Crippen LogP contribution is 2.24. The molecule has 1 aromatic heterocycles. The van der Waals surface area contributed by atoms with Crippen LogP contribution >= 0.6 is 0 Å². The van der Waals surface area contributed by atoms with Crippen molar-refractivity contribution in [1.29, 1.82) is 0 Å². The molecule has 1 atom stereocenters. The molecule has 1 unspecified atom stereocenters. The third kappa shape index (κ3) is 3.10. The summed E-state index contributed by atoms with van der Waals surface area (Å²) in [7, 11) is 3.91. The Labute approximate surface area is 115 Å². The lowest BCUT2D eigenvalue weighted by atomic mass is 10.1. The van der Waals surface area contributed by atoms with Gasteiger partial charge in [0.15, 0.2) is 0 Å². The summed E-state index contributed by atoms with van der Waals surface area (Å²) in [5.74, 6) is 0.920. The highest BCUT2D eigenvalue weighted by Gasteiger charge is 2.09. The second-order valence-corrected chi connectivity index (χ2v) is 5.21. The Morgan fingerprint density at radius 3 is 2.84 bits per heavy atom. The van der Waals surface area contributed by atoms with Crippen LogP contribution in [-0.4, -0.2) is 36.6 Å². The van der Waals surface area contributed by atoms with E-state index in [2.05, 4.69) is 49.1 Å². The number of aromatic amines is 1. The second-order valence-electron chi connectivity index (χ2n) is 5.21. The van der Waals surface area contributed by atoms with Crippen LogP contribution in [0.2, 0.25) is 0 Å². The molecule has 0 radical (unpaired) electrons. The maximum absolute atomic E-state index is 5.30. The number of hydrogen-bond acceptors (Lipinski definition) is 2. The highest BCUT2D eigenvalue weighted by atomic mass is 16.5. The number of rotatable bonds is 6. The van der Waals surface area contributed by atoms with Crippen molar-refractivity contribution in [2.45, 2.75) is 32.7 Å². The third-order valence-electron chi connectivity index (χ3n) is 4.05. The predicted octanol–water partition coefficient (Wildman–Crippen LogP) is 3.45. The third-order valence-corrected chi connectivity index (χ3v) is 4.05. The maximum Gasteiger partial charge on any atom is 0.119 e. The first kappa shape index (κ1) is 13.9. The van der Waals surface area contributed by atoms with E-state index in [1.165, 1.54) is 22.9 Å². The Balaban J connectivity index is 2.12. The van der Waals surface area contributed by atoms with Gasteiger partial charge >= 0.3 is 0 Å². The fourth-order valence-corrected chi connectivity index (χ4v) is 2.32. The molecule has 19 heavy (non-hydrogen) atoms. The zero-order valence-corrected chi connectivity index (χ0v) is 12.4. The van der Waals surface area contributed by atoms with Gasteiger partial charge in [-0.3, -0.25) is 0 Å². The van der Waals surface area contributed by atoms with Gasteiger partial charge in [0.25, 0.3) is 0 Å². The zero-order chi connectivity index (χ0) is 13.8. The summed E-state index contributed by atoms with van der Waals surface area (Å²) in [5, 5.41) is 1.27. The van der Waals surface area contributed by atoms with Crippen molar-refractivity contribution in [1.82, 2.24) is 9.88 Å². The van der Waals surface area contributed by atoms with Gasteiger partial charge < -0.3 is 14.6 Å². The standard InChI is InChI=1S/C16H24N2O/c1-5-12(2)18(3)9-8-13-11-17-16-7-6-14(19-4)10-15(13)16/h6-7,10-12,17H,5,8-9H2,1-4H3. The minimum atomic E-state index is 0.639. The van der Waals surface area contributed by atoms with E-state index in [0.717, 1.165) is 18.7 Å². The Bertz CT molecular complexity index is 533. The second kappa shape index (κ2) is 6.11. The number of nitrogens with one attached hydrogen (secondary N) is 1. The van der Waals surface area contributed by atoms with Gasteiger partial charge in [0.05, 0.1) is 7.11 Å². The van der Waals surface area contributed by atoms with E-state index in [-0.39, 0.29) is 0 Å². The molecule has 0 aliphatic rings. The molecule has 3 nitrogen and oxygen atoms in total. The van der Waals surface area contributed by atoms with E-state index in [1.807, 2.05) is 6.07 Å². The number of methoxy groups -OCH3 is 1. The van der Waals surface area contributed by atoms with Crippen LogP contribution in [0.15, 0.2) is 24.4 Å². The molecule has 1 N–H and O–H groups in total. The largest absolute Gasteiger partial charge is 0.497 e. The van der Waals surface area contributed by atoms with Crippen molar-refractivity contribution in [3.8, 4) is 5.75 Å². The van der Waals surface area contributed by atoms with E-state index in [9.17, 15) is 0 Å². The molecule has 2 rings (SSSR count). The molecule has 0 fully saturated rings.